The van der Waals surface area contributed by atoms with Gasteiger partial charge >= 0.3 is 0 Å². The first-order valence-electron chi connectivity index (χ1n) is 5.96. The quantitative estimate of drug-likeness (QED) is 0.574. The highest BCUT2D eigenvalue weighted by Gasteiger charge is 1.95. The monoisotopic (exact) mass is 268 g/mol. The van der Waals surface area contributed by atoms with Crippen LogP contribution in [0.5, 0.6) is 0 Å². The SMILES string of the molecule is O=C(Cl)c1ccccc1.c1ccc2ccccc2c1. The molecule has 0 aliphatic rings. The van der Waals surface area contributed by atoms with Crippen LogP contribution in [0, 0.1) is 0 Å². The molecular formula is C17H13ClO. The first-order chi connectivity index (χ1) is 9.27. The number of halogens is 1. The van der Waals surface area contributed by atoms with Crippen LogP contribution in [0.25, 0.3) is 10.8 Å². The summed E-state index contributed by atoms with van der Waals surface area (Å²) in [6, 6.07) is 25.4. The molecule has 0 unspecified atom stereocenters. The minimum absolute atomic E-state index is 0.407. The van der Waals surface area contributed by atoms with Crippen LogP contribution in [0.3, 0.4) is 0 Å². The minimum atomic E-state index is -0.407. The lowest BCUT2D eigenvalue weighted by atomic mass is 10.1. The Balaban J connectivity index is 0.000000141. The van der Waals surface area contributed by atoms with Crippen LogP contribution in [0.2, 0.25) is 0 Å². The lowest BCUT2D eigenvalue weighted by molar-refractivity contribution is 0.108. The normalized spacial score (nSPS) is 9.53. The highest BCUT2D eigenvalue weighted by molar-refractivity contribution is 6.67. The summed E-state index contributed by atoms with van der Waals surface area (Å²) in [5.74, 6) is 0. The average molecular weight is 269 g/mol. The molecule has 0 fully saturated rings. The molecule has 0 saturated carbocycles. The summed E-state index contributed by atoms with van der Waals surface area (Å²) in [5, 5.41) is 2.21. The Morgan fingerprint density at radius 2 is 1.00 bits per heavy atom. The van der Waals surface area contributed by atoms with Crippen LogP contribution in [-0.2, 0) is 0 Å². The molecule has 0 aliphatic carbocycles. The molecule has 0 amide bonds. The van der Waals surface area contributed by atoms with Crippen LogP contribution in [-0.4, -0.2) is 5.24 Å². The fourth-order valence-electron chi connectivity index (χ4n) is 1.70. The average Bonchev–Trinajstić information content (AvgIpc) is 2.49. The summed E-state index contributed by atoms with van der Waals surface area (Å²) in [6.45, 7) is 0. The van der Waals surface area contributed by atoms with Crippen molar-refractivity contribution in [2.45, 2.75) is 0 Å². The molecule has 0 aliphatic heterocycles. The van der Waals surface area contributed by atoms with Crippen molar-refractivity contribution in [1.82, 2.24) is 0 Å². The Bertz CT molecular complexity index is 597. The zero-order valence-corrected chi connectivity index (χ0v) is 11.0. The molecule has 2 heteroatoms. The van der Waals surface area contributed by atoms with Crippen molar-refractivity contribution in [3.63, 3.8) is 0 Å². The van der Waals surface area contributed by atoms with E-state index in [0.717, 1.165) is 0 Å². The van der Waals surface area contributed by atoms with Crippen molar-refractivity contribution < 1.29 is 4.79 Å². The first-order valence-corrected chi connectivity index (χ1v) is 6.34. The summed E-state index contributed by atoms with van der Waals surface area (Å²) in [7, 11) is 0. The van der Waals surface area contributed by atoms with E-state index in [4.69, 9.17) is 11.6 Å². The second-order valence-electron chi connectivity index (χ2n) is 3.99. The van der Waals surface area contributed by atoms with E-state index in [1.165, 1.54) is 10.8 Å². The third-order valence-corrected chi connectivity index (χ3v) is 2.88. The van der Waals surface area contributed by atoms with Gasteiger partial charge in [0.05, 0.1) is 0 Å². The van der Waals surface area contributed by atoms with Gasteiger partial charge in [0, 0.05) is 5.56 Å². The van der Waals surface area contributed by atoms with E-state index in [0.29, 0.717) is 5.56 Å². The summed E-state index contributed by atoms with van der Waals surface area (Å²) in [4.78, 5) is 10.4. The molecule has 3 aromatic rings. The minimum Gasteiger partial charge on any atom is -0.276 e. The van der Waals surface area contributed by atoms with E-state index < -0.39 is 5.24 Å². The zero-order valence-electron chi connectivity index (χ0n) is 10.3. The van der Waals surface area contributed by atoms with Crippen molar-refractivity contribution in [3.05, 3.63) is 84.4 Å². The molecule has 0 aromatic heterocycles. The number of hydrogen-bond acceptors (Lipinski definition) is 1. The first kappa shape index (κ1) is 13.3. The Morgan fingerprint density at radius 3 is 1.32 bits per heavy atom. The van der Waals surface area contributed by atoms with E-state index in [9.17, 15) is 4.79 Å². The number of benzene rings is 3. The van der Waals surface area contributed by atoms with E-state index in [2.05, 4.69) is 48.5 Å². The Hall–Kier alpha value is -2.12. The Morgan fingerprint density at radius 1 is 0.632 bits per heavy atom. The molecular weight excluding hydrogens is 256 g/mol. The van der Waals surface area contributed by atoms with Crippen LogP contribution < -0.4 is 0 Å². The fraction of sp³-hybridized carbons (Fsp3) is 0. The highest BCUT2D eigenvalue weighted by atomic mass is 35.5. The second-order valence-corrected chi connectivity index (χ2v) is 4.33. The highest BCUT2D eigenvalue weighted by Crippen LogP contribution is 2.11. The van der Waals surface area contributed by atoms with Gasteiger partial charge in [-0.3, -0.25) is 4.79 Å². The Labute approximate surface area is 117 Å². The van der Waals surface area contributed by atoms with Crippen molar-refractivity contribution in [2.24, 2.45) is 0 Å². The van der Waals surface area contributed by atoms with Crippen LogP contribution in [0.15, 0.2) is 78.9 Å². The maximum atomic E-state index is 10.4. The van der Waals surface area contributed by atoms with Crippen LogP contribution in [0.1, 0.15) is 10.4 Å². The van der Waals surface area contributed by atoms with Gasteiger partial charge < -0.3 is 0 Å². The topological polar surface area (TPSA) is 17.1 Å². The maximum absolute atomic E-state index is 10.4. The molecule has 0 N–H and O–H groups in total. The van der Waals surface area contributed by atoms with Crippen molar-refractivity contribution in [2.75, 3.05) is 0 Å². The molecule has 0 atom stereocenters. The van der Waals surface area contributed by atoms with E-state index in [1.807, 2.05) is 6.07 Å². The van der Waals surface area contributed by atoms with Gasteiger partial charge in [-0.15, -0.1) is 0 Å². The van der Waals surface area contributed by atoms with Crippen molar-refractivity contribution in [3.8, 4) is 0 Å². The van der Waals surface area contributed by atoms with Crippen LogP contribution in [0.4, 0.5) is 0 Å². The Kier molecular flexibility index (Phi) is 4.71. The molecule has 1 nitrogen and oxygen atoms in total. The van der Waals surface area contributed by atoms with Gasteiger partial charge in [0.2, 0.25) is 0 Å². The lowest BCUT2D eigenvalue weighted by Gasteiger charge is -1.92. The molecule has 3 rings (SSSR count). The molecule has 0 spiro atoms. The predicted octanol–water partition coefficient (Wildman–Crippen LogP) is 4.91. The molecule has 0 bridgehead atoms. The number of rotatable bonds is 1. The molecule has 0 saturated heterocycles. The molecule has 94 valence electrons. The van der Waals surface area contributed by atoms with Crippen molar-refractivity contribution in [1.29, 1.82) is 0 Å². The number of carbonyl (C=O) groups excluding carboxylic acids is 1. The number of carbonyl (C=O) groups is 1. The zero-order chi connectivity index (χ0) is 13.5. The maximum Gasteiger partial charge on any atom is 0.252 e. The molecule has 0 radical (unpaired) electrons. The number of fused-ring (bicyclic) bond motifs is 1. The lowest BCUT2D eigenvalue weighted by Crippen LogP contribution is -1.84. The molecule has 0 heterocycles. The van der Waals surface area contributed by atoms with E-state index in [1.54, 1.807) is 24.3 Å². The van der Waals surface area contributed by atoms with Gasteiger partial charge in [-0.25, -0.2) is 0 Å². The van der Waals surface area contributed by atoms with Gasteiger partial charge in [-0.2, -0.15) is 0 Å². The molecule has 19 heavy (non-hydrogen) atoms. The van der Waals surface area contributed by atoms with Crippen molar-refractivity contribution >= 4 is 27.6 Å². The van der Waals surface area contributed by atoms with Gasteiger partial charge in [0.15, 0.2) is 0 Å². The fourth-order valence-corrected chi connectivity index (χ4v) is 1.83. The predicted molar refractivity (Wildman–Crippen MR) is 80.6 cm³/mol. The third-order valence-electron chi connectivity index (χ3n) is 2.66. The van der Waals surface area contributed by atoms with E-state index >= 15 is 0 Å². The second kappa shape index (κ2) is 6.72. The standard InChI is InChI=1S/C10H8.C7H5ClO/c1-2-6-10-8-4-3-7-9(10)5-1;8-7(9)6-4-2-1-3-5-6/h1-8H;1-5H. The van der Waals surface area contributed by atoms with Gasteiger partial charge in [0.25, 0.3) is 5.24 Å². The largest absolute Gasteiger partial charge is 0.276 e. The van der Waals surface area contributed by atoms with Gasteiger partial charge in [-0.1, -0.05) is 78.9 Å². The van der Waals surface area contributed by atoms with E-state index in [-0.39, 0.29) is 0 Å². The molecule has 3 aromatic carbocycles. The third kappa shape index (κ3) is 3.94. The summed E-state index contributed by atoms with van der Waals surface area (Å²) < 4.78 is 0. The number of hydrogen-bond donors (Lipinski definition) is 0. The van der Waals surface area contributed by atoms with Gasteiger partial charge in [-0.05, 0) is 22.4 Å². The summed E-state index contributed by atoms with van der Waals surface area (Å²) in [6.07, 6.45) is 0. The summed E-state index contributed by atoms with van der Waals surface area (Å²) in [5.41, 5.74) is 0.541. The summed E-state index contributed by atoms with van der Waals surface area (Å²) >= 11 is 5.16. The van der Waals surface area contributed by atoms with Gasteiger partial charge in [0.1, 0.15) is 0 Å². The smallest absolute Gasteiger partial charge is 0.252 e. The van der Waals surface area contributed by atoms with Crippen LogP contribution >= 0.6 is 11.6 Å².